The number of hydrogen-bond acceptors (Lipinski definition) is 5. The van der Waals surface area contributed by atoms with E-state index in [2.05, 4.69) is 6.92 Å². The number of nitrogens with zero attached hydrogens (tertiary/aromatic N) is 1. The molecule has 1 aromatic carbocycles. The van der Waals surface area contributed by atoms with Crippen molar-refractivity contribution >= 4 is 21.9 Å². The van der Waals surface area contributed by atoms with Crippen molar-refractivity contribution in [1.82, 2.24) is 0 Å². The van der Waals surface area contributed by atoms with E-state index in [1.807, 2.05) is 6.07 Å². The molecule has 0 heterocycles. The van der Waals surface area contributed by atoms with Gasteiger partial charge in [-0.05, 0) is 85.0 Å². The van der Waals surface area contributed by atoms with Crippen molar-refractivity contribution in [2.24, 2.45) is 17.3 Å². The molecule has 4 rings (SSSR count). The molecule has 0 aliphatic heterocycles. The van der Waals surface area contributed by atoms with Crippen LogP contribution in [0, 0.1) is 17.3 Å². The number of anilines is 1. The van der Waals surface area contributed by atoms with Gasteiger partial charge in [0.2, 0.25) is 5.91 Å². The molecule has 2 saturated carbocycles. The molecule has 7 nitrogen and oxygen atoms in total. The molecule has 0 unspecified atom stereocenters. The Balaban J connectivity index is 1.77. The maximum atomic E-state index is 12.0. The SMILES string of the molecule is COc1cc2c(cc1N(C(C)=O)S(=O)(=O)O)CC[C@@H]1[C@@H]2CC[C@]2(C)[C@@H](O)CC[C@@H]12. The lowest BCUT2D eigenvalue weighted by atomic mass is 9.55. The normalized spacial score (nSPS) is 33.4. The fourth-order valence-corrected chi connectivity index (χ4v) is 7.05. The molecule has 2 fully saturated rings. The molecular weight excluding hydrogens is 394 g/mol. The summed E-state index contributed by atoms with van der Waals surface area (Å²) in [7, 11) is -3.32. The molecular formula is C21H29NO6S. The van der Waals surface area contributed by atoms with Gasteiger partial charge in [0.05, 0.1) is 13.2 Å². The van der Waals surface area contributed by atoms with Gasteiger partial charge in [-0.15, -0.1) is 0 Å². The van der Waals surface area contributed by atoms with Crippen LogP contribution >= 0.6 is 0 Å². The lowest BCUT2D eigenvalue weighted by Crippen LogP contribution is -2.44. The predicted molar refractivity (Wildman–Crippen MR) is 108 cm³/mol. The molecule has 3 aliphatic carbocycles. The quantitative estimate of drug-likeness (QED) is 0.724. The fourth-order valence-electron chi connectivity index (χ4n) is 6.34. The van der Waals surface area contributed by atoms with Gasteiger partial charge in [0.1, 0.15) is 11.4 Å². The molecule has 5 atom stereocenters. The van der Waals surface area contributed by atoms with E-state index in [0.717, 1.165) is 56.6 Å². The Morgan fingerprint density at radius 3 is 2.59 bits per heavy atom. The summed E-state index contributed by atoms with van der Waals surface area (Å²) in [5.41, 5.74) is 2.18. The summed E-state index contributed by atoms with van der Waals surface area (Å²) in [4.78, 5) is 12.0. The Labute approximate surface area is 171 Å². The Kier molecular flexibility index (Phi) is 4.95. The first-order valence-corrected chi connectivity index (χ1v) is 11.6. The summed E-state index contributed by atoms with van der Waals surface area (Å²) >= 11 is 0. The number of amides is 1. The molecule has 8 heteroatoms. The van der Waals surface area contributed by atoms with Crippen molar-refractivity contribution in [1.29, 1.82) is 0 Å². The third-order valence-electron chi connectivity index (χ3n) is 7.71. The second-order valence-electron chi connectivity index (χ2n) is 9.04. The predicted octanol–water partition coefficient (Wildman–Crippen LogP) is 3.07. The number of carbonyl (C=O) groups excluding carboxylic acids is 1. The van der Waals surface area contributed by atoms with Crippen LogP contribution in [0.4, 0.5) is 5.69 Å². The van der Waals surface area contributed by atoms with Gasteiger partial charge in [-0.2, -0.15) is 12.7 Å². The fraction of sp³-hybridized carbons (Fsp3) is 0.667. The standard InChI is InChI=1S/C21H29NO6S/c1-12(23)22(29(25,26)27)18-10-13-4-5-15-14(16(13)11-19(18)28-3)8-9-21(2)17(15)6-7-20(21)24/h10-11,14-15,17,20,24H,4-9H2,1-3H3,(H,25,26,27)/t14-,15+,17-,20-,21-/m0/s1. The van der Waals surface area contributed by atoms with Gasteiger partial charge in [-0.1, -0.05) is 6.92 Å². The maximum absolute atomic E-state index is 12.0. The number of fused-ring (bicyclic) bond motifs is 5. The first-order valence-electron chi connectivity index (χ1n) is 10.2. The number of benzene rings is 1. The van der Waals surface area contributed by atoms with Gasteiger partial charge < -0.3 is 9.84 Å². The van der Waals surface area contributed by atoms with Gasteiger partial charge in [0.15, 0.2) is 0 Å². The average molecular weight is 424 g/mol. The van der Waals surface area contributed by atoms with E-state index >= 15 is 0 Å². The van der Waals surface area contributed by atoms with E-state index in [-0.39, 0.29) is 23.0 Å². The smallest absolute Gasteiger partial charge is 0.366 e. The van der Waals surface area contributed by atoms with E-state index in [0.29, 0.717) is 22.1 Å². The van der Waals surface area contributed by atoms with Crippen LogP contribution in [0.1, 0.15) is 63.0 Å². The number of hydrogen-bond donors (Lipinski definition) is 2. The highest BCUT2D eigenvalue weighted by Crippen LogP contribution is 2.61. The Morgan fingerprint density at radius 2 is 1.97 bits per heavy atom. The molecule has 1 amide bonds. The van der Waals surface area contributed by atoms with Crippen molar-refractivity contribution in [2.45, 2.75) is 64.4 Å². The van der Waals surface area contributed by atoms with Crippen LogP contribution in [0.2, 0.25) is 0 Å². The molecule has 3 aliphatic rings. The average Bonchev–Trinajstić information content (AvgIpc) is 2.94. The zero-order valence-corrected chi connectivity index (χ0v) is 17.9. The first-order chi connectivity index (χ1) is 13.6. The maximum Gasteiger partial charge on any atom is 0.366 e. The van der Waals surface area contributed by atoms with Crippen LogP contribution in [0.3, 0.4) is 0 Å². The monoisotopic (exact) mass is 423 g/mol. The summed E-state index contributed by atoms with van der Waals surface area (Å²) in [6, 6.07) is 3.52. The molecule has 0 bridgehead atoms. The summed E-state index contributed by atoms with van der Waals surface area (Å²) in [5, 5.41) is 10.5. The van der Waals surface area contributed by atoms with E-state index in [1.165, 1.54) is 7.11 Å². The van der Waals surface area contributed by atoms with Gasteiger partial charge >= 0.3 is 10.3 Å². The molecule has 29 heavy (non-hydrogen) atoms. The van der Waals surface area contributed by atoms with Crippen molar-refractivity contribution in [3.63, 3.8) is 0 Å². The molecule has 160 valence electrons. The molecule has 0 spiro atoms. The summed E-state index contributed by atoms with van der Waals surface area (Å²) in [5.74, 6) is 0.771. The number of rotatable bonds is 3. The van der Waals surface area contributed by atoms with Gasteiger partial charge in [0, 0.05) is 6.92 Å². The highest BCUT2D eigenvalue weighted by molar-refractivity contribution is 7.88. The van der Waals surface area contributed by atoms with Crippen molar-refractivity contribution in [3.8, 4) is 5.75 Å². The van der Waals surface area contributed by atoms with E-state index in [1.54, 1.807) is 6.07 Å². The van der Waals surface area contributed by atoms with Crippen LogP contribution in [0.15, 0.2) is 12.1 Å². The van der Waals surface area contributed by atoms with Crippen LogP contribution in [0.5, 0.6) is 5.75 Å². The number of ether oxygens (including phenoxy) is 1. The van der Waals surface area contributed by atoms with Gasteiger partial charge in [-0.25, -0.2) is 0 Å². The zero-order valence-electron chi connectivity index (χ0n) is 17.1. The minimum atomic E-state index is -4.75. The molecule has 0 radical (unpaired) electrons. The van der Waals surface area contributed by atoms with Crippen LogP contribution < -0.4 is 9.04 Å². The summed E-state index contributed by atoms with van der Waals surface area (Å²) < 4.78 is 39.0. The largest absolute Gasteiger partial charge is 0.495 e. The van der Waals surface area contributed by atoms with Gasteiger partial charge in [0.25, 0.3) is 0 Å². The third-order valence-corrected chi connectivity index (χ3v) is 8.63. The Hall–Kier alpha value is -1.64. The minimum Gasteiger partial charge on any atom is -0.495 e. The number of aliphatic hydroxyl groups is 1. The number of methoxy groups -OCH3 is 1. The van der Waals surface area contributed by atoms with Gasteiger partial charge in [-0.3, -0.25) is 9.35 Å². The Morgan fingerprint density at radius 1 is 1.24 bits per heavy atom. The molecule has 1 aromatic rings. The second-order valence-corrected chi connectivity index (χ2v) is 10.3. The lowest BCUT2D eigenvalue weighted by molar-refractivity contribution is -0.115. The zero-order chi connectivity index (χ0) is 21.1. The van der Waals surface area contributed by atoms with Crippen LogP contribution in [-0.4, -0.2) is 37.2 Å². The second kappa shape index (κ2) is 6.96. The van der Waals surface area contributed by atoms with Crippen LogP contribution in [-0.2, 0) is 21.5 Å². The number of carbonyl (C=O) groups is 1. The minimum absolute atomic E-state index is 0.0148. The highest BCUT2D eigenvalue weighted by Gasteiger charge is 2.54. The van der Waals surface area contributed by atoms with E-state index < -0.39 is 16.2 Å². The van der Waals surface area contributed by atoms with E-state index in [9.17, 15) is 22.9 Å². The summed E-state index contributed by atoms with van der Waals surface area (Å²) in [6.45, 7) is 3.32. The van der Waals surface area contributed by atoms with Crippen molar-refractivity contribution in [2.75, 3.05) is 11.4 Å². The van der Waals surface area contributed by atoms with Crippen molar-refractivity contribution in [3.05, 3.63) is 23.3 Å². The molecule has 0 saturated heterocycles. The molecule has 2 N–H and O–H groups in total. The molecule has 0 aromatic heterocycles. The van der Waals surface area contributed by atoms with E-state index in [4.69, 9.17) is 4.74 Å². The number of aliphatic hydroxyl groups excluding tert-OH is 1. The highest BCUT2D eigenvalue weighted by atomic mass is 32.2. The van der Waals surface area contributed by atoms with Crippen LogP contribution in [0.25, 0.3) is 0 Å². The number of aryl methyl sites for hydroxylation is 1. The lowest BCUT2D eigenvalue weighted by Gasteiger charge is -2.50. The topological polar surface area (TPSA) is 104 Å². The Bertz CT molecular complexity index is 945. The summed E-state index contributed by atoms with van der Waals surface area (Å²) in [6.07, 6.45) is 5.36. The third kappa shape index (κ3) is 3.16. The van der Waals surface area contributed by atoms with Crippen molar-refractivity contribution < 1.29 is 27.6 Å². The first kappa shape index (κ1) is 20.6.